The molecule has 1 saturated carbocycles. The summed E-state index contributed by atoms with van der Waals surface area (Å²) in [5.41, 5.74) is 4.89. The normalized spacial score (nSPS) is 20.4. The highest BCUT2D eigenvalue weighted by atomic mass is 16.5. The number of nitrogens with zero attached hydrogens (tertiary/aromatic N) is 5. The van der Waals surface area contributed by atoms with Crippen molar-refractivity contribution in [2.75, 3.05) is 26.2 Å². The number of hydrogen-bond acceptors (Lipinski definition) is 5. The maximum atomic E-state index is 9.33. The van der Waals surface area contributed by atoms with E-state index in [1.165, 1.54) is 76.3 Å². The van der Waals surface area contributed by atoms with Gasteiger partial charge in [0.1, 0.15) is 5.65 Å². The summed E-state index contributed by atoms with van der Waals surface area (Å²) in [7, 11) is 0. The lowest BCUT2D eigenvalue weighted by Crippen LogP contribution is -2.37. The van der Waals surface area contributed by atoms with Gasteiger partial charge in [0.05, 0.1) is 23.9 Å². The predicted octanol–water partition coefficient (Wildman–Crippen LogP) is 6.60. The smallest absolute Gasteiger partial charge is 0.302 e. The van der Waals surface area contributed by atoms with Crippen molar-refractivity contribution in [3.8, 4) is 23.3 Å². The zero-order valence-corrected chi connectivity index (χ0v) is 21.7. The molecule has 0 spiro atoms. The first kappa shape index (κ1) is 24.8. The molecule has 3 aromatic rings. The van der Waals surface area contributed by atoms with E-state index in [0.717, 1.165) is 30.0 Å². The van der Waals surface area contributed by atoms with E-state index in [4.69, 9.17) is 14.7 Å². The van der Waals surface area contributed by atoms with E-state index in [1.54, 1.807) is 0 Å². The molecule has 1 atom stereocenters. The molecule has 1 unspecified atom stereocenters. The molecule has 1 aliphatic heterocycles. The van der Waals surface area contributed by atoms with E-state index < -0.39 is 0 Å². The van der Waals surface area contributed by atoms with Gasteiger partial charge in [0.2, 0.25) is 0 Å². The standard InChI is InChI=1S/C30H39N5O/c1-2-34-18-9-10-24(21-34)22-36-30-33-28(26-15-13-23(20-31)14-16-26)27(29-32-17-19-35(29)30)25-11-7-5-3-4-6-8-12-25/h13-17,19,24-25H,2-12,18,21-22H2,1H3. The fourth-order valence-electron chi connectivity index (χ4n) is 6.06. The van der Waals surface area contributed by atoms with E-state index in [2.05, 4.69) is 22.3 Å². The van der Waals surface area contributed by atoms with Gasteiger partial charge in [-0.1, -0.05) is 57.6 Å². The molecule has 2 fully saturated rings. The van der Waals surface area contributed by atoms with Crippen molar-refractivity contribution in [3.63, 3.8) is 0 Å². The number of likely N-dealkylation sites (tertiary alicyclic amines) is 1. The van der Waals surface area contributed by atoms with Crippen LogP contribution in [-0.2, 0) is 0 Å². The first-order valence-corrected chi connectivity index (χ1v) is 14.0. The van der Waals surface area contributed by atoms with Gasteiger partial charge < -0.3 is 9.64 Å². The Morgan fingerprint density at radius 1 is 1.00 bits per heavy atom. The van der Waals surface area contributed by atoms with Crippen LogP contribution in [0, 0.1) is 17.2 Å². The van der Waals surface area contributed by atoms with Crippen molar-refractivity contribution < 1.29 is 4.74 Å². The minimum absolute atomic E-state index is 0.427. The van der Waals surface area contributed by atoms with Gasteiger partial charge in [-0.2, -0.15) is 10.2 Å². The highest BCUT2D eigenvalue weighted by molar-refractivity contribution is 5.72. The van der Waals surface area contributed by atoms with E-state index in [0.29, 0.717) is 30.0 Å². The fourth-order valence-corrected chi connectivity index (χ4v) is 6.06. The van der Waals surface area contributed by atoms with Crippen LogP contribution >= 0.6 is 0 Å². The molecule has 6 heteroatoms. The largest absolute Gasteiger partial charge is 0.464 e. The fraction of sp³-hybridized carbons (Fsp3) is 0.567. The number of hydrogen-bond donors (Lipinski definition) is 0. The minimum Gasteiger partial charge on any atom is -0.464 e. The van der Waals surface area contributed by atoms with Crippen LogP contribution < -0.4 is 4.74 Å². The summed E-state index contributed by atoms with van der Waals surface area (Å²) in [6, 6.07) is 10.7. The van der Waals surface area contributed by atoms with E-state index in [9.17, 15) is 5.26 Å². The Labute approximate surface area is 215 Å². The Hall–Kier alpha value is -2.91. The number of aromatic nitrogens is 3. The second-order valence-corrected chi connectivity index (χ2v) is 10.6. The summed E-state index contributed by atoms with van der Waals surface area (Å²) < 4.78 is 8.52. The second kappa shape index (κ2) is 11.9. The van der Waals surface area contributed by atoms with E-state index >= 15 is 0 Å². The number of fused-ring (bicyclic) bond motifs is 1. The van der Waals surface area contributed by atoms with Crippen molar-refractivity contribution >= 4 is 5.65 Å². The Kier molecular flexibility index (Phi) is 8.18. The Balaban J connectivity index is 1.53. The molecule has 5 rings (SSSR count). The Morgan fingerprint density at radius 3 is 2.47 bits per heavy atom. The lowest BCUT2D eigenvalue weighted by molar-refractivity contribution is 0.129. The maximum absolute atomic E-state index is 9.33. The number of rotatable bonds is 6. The Bertz CT molecular complexity index is 1170. The highest BCUT2D eigenvalue weighted by Gasteiger charge is 2.26. The maximum Gasteiger partial charge on any atom is 0.302 e. The molecule has 3 heterocycles. The van der Waals surface area contributed by atoms with Crippen LogP contribution in [0.4, 0.5) is 0 Å². The Morgan fingerprint density at radius 2 is 1.75 bits per heavy atom. The van der Waals surface area contributed by atoms with Gasteiger partial charge in [-0.3, -0.25) is 4.40 Å². The third kappa shape index (κ3) is 5.57. The number of piperidine rings is 1. The summed E-state index contributed by atoms with van der Waals surface area (Å²) in [6.07, 6.45) is 16.4. The number of nitriles is 1. The summed E-state index contributed by atoms with van der Waals surface area (Å²) >= 11 is 0. The molecule has 36 heavy (non-hydrogen) atoms. The molecule has 1 aliphatic carbocycles. The van der Waals surface area contributed by atoms with Gasteiger partial charge >= 0.3 is 6.01 Å². The van der Waals surface area contributed by atoms with Crippen molar-refractivity contribution in [2.24, 2.45) is 5.92 Å². The van der Waals surface area contributed by atoms with Gasteiger partial charge in [0.25, 0.3) is 0 Å². The molecule has 2 aromatic heterocycles. The predicted molar refractivity (Wildman–Crippen MR) is 143 cm³/mol. The van der Waals surface area contributed by atoms with Gasteiger partial charge in [0, 0.05) is 36.0 Å². The third-order valence-electron chi connectivity index (χ3n) is 8.10. The molecule has 0 radical (unpaired) electrons. The van der Waals surface area contributed by atoms with Crippen LogP contribution in [-0.4, -0.2) is 45.5 Å². The second-order valence-electron chi connectivity index (χ2n) is 10.6. The van der Waals surface area contributed by atoms with Crippen LogP contribution in [0.15, 0.2) is 36.7 Å². The summed E-state index contributed by atoms with van der Waals surface area (Å²) in [5.74, 6) is 0.947. The molecule has 1 aromatic carbocycles. The van der Waals surface area contributed by atoms with Gasteiger partial charge in [-0.25, -0.2) is 4.98 Å². The molecular formula is C30H39N5O. The molecule has 6 nitrogen and oxygen atoms in total. The zero-order valence-electron chi connectivity index (χ0n) is 21.7. The number of benzene rings is 1. The van der Waals surface area contributed by atoms with Crippen LogP contribution in [0.5, 0.6) is 6.01 Å². The molecule has 0 N–H and O–H groups in total. The molecule has 190 valence electrons. The molecule has 0 amide bonds. The average molecular weight is 486 g/mol. The molecule has 1 saturated heterocycles. The van der Waals surface area contributed by atoms with Crippen molar-refractivity contribution in [1.29, 1.82) is 5.26 Å². The van der Waals surface area contributed by atoms with Gasteiger partial charge in [-0.15, -0.1) is 0 Å². The first-order valence-electron chi connectivity index (χ1n) is 14.0. The summed E-state index contributed by atoms with van der Waals surface area (Å²) in [6.45, 7) is 6.29. The molecular weight excluding hydrogens is 446 g/mol. The summed E-state index contributed by atoms with van der Waals surface area (Å²) in [4.78, 5) is 12.5. The van der Waals surface area contributed by atoms with Crippen LogP contribution in [0.25, 0.3) is 16.9 Å². The van der Waals surface area contributed by atoms with Crippen molar-refractivity contribution in [2.45, 2.75) is 77.0 Å². The van der Waals surface area contributed by atoms with E-state index in [1.807, 2.05) is 36.7 Å². The topological polar surface area (TPSA) is 66.5 Å². The zero-order chi connectivity index (χ0) is 24.7. The van der Waals surface area contributed by atoms with Crippen LogP contribution in [0.2, 0.25) is 0 Å². The van der Waals surface area contributed by atoms with Crippen molar-refractivity contribution in [1.82, 2.24) is 19.3 Å². The monoisotopic (exact) mass is 485 g/mol. The lowest BCUT2D eigenvalue weighted by Gasteiger charge is -2.31. The van der Waals surface area contributed by atoms with Gasteiger partial charge in [-0.05, 0) is 56.8 Å². The lowest BCUT2D eigenvalue weighted by atomic mass is 9.87. The van der Waals surface area contributed by atoms with Crippen molar-refractivity contribution in [3.05, 3.63) is 47.8 Å². The third-order valence-corrected chi connectivity index (χ3v) is 8.10. The molecule has 2 aliphatic rings. The summed E-state index contributed by atoms with van der Waals surface area (Å²) in [5, 5.41) is 9.33. The first-order chi connectivity index (χ1) is 17.8. The SMILES string of the molecule is CCN1CCCC(COc2nc(-c3ccc(C#N)cc3)c(C3CCCCCCCC3)c3nccn23)C1. The van der Waals surface area contributed by atoms with Crippen LogP contribution in [0.1, 0.15) is 88.2 Å². The van der Waals surface area contributed by atoms with E-state index in [-0.39, 0.29) is 0 Å². The average Bonchev–Trinajstić information content (AvgIpc) is 3.46. The molecule has 0 bridgehead atoms. The number of ether oxygens (including phenoxy) is 1. The quantitative estimate of drug-likeness (QED) is 0.394. The minimum atomic E-state index is 0.427. The van der Waals surface area contributed by atoms with Crippen LogP contribution in [0.3, 0.4) is 0 Å². The number of imidazole rings is 1. The van der Waals surface area contributed by atoms with Gasteiger partial charge in [0.15, 0.2) is 0 Å². The highest BCUT2D eigenvalue weighted by Crippen LogP contribution is 2.39.